The van der Waals surface area contributed by atoms with E-state index in [1.165, 1.54) is 0 Å². The molecule has 3 aromatic rings. The summed E-state index contributed by atoms with van der Waals surface area (Å²) < 4.78 is 5.75. The zero-order valence-corrected chi connectivity index (χ0v) is 16.3. The van der Waals surface area contributed by atoms with Crippen LogP contribution in [0.15, 0.2) is 59.1 Å². The molecule has 0 saturated heterocycles. The highest BCUT2D eigenvalue weighted by atomic mass is 35.5. The molecule has 27 heavy (non-hydrogen) atoms. The van der Waals surface area contributed by atoms with Crippen molar-refractivity contribution in [2.24, 2.45) is 0 Å². The number of carbonyl (C=O) groups is 1. The summed E-state index contributed by atoms with van der Waals surface area (Å²) in [6, 6.07) is 15.2. The molecule has 3 rings (SSSR count). The van der Waals surface area contributed by atoms with Crippen LogP contribution in [-0.4, -0.2) is 17.4 Å². The SMILES string of the molecule is O=C(CCCc1ncc(-c2ccccc2)o1)NCCc1ccc(Cl)cc1Cl. The highest BCUT2D eigenvalue weighted by molar-refractivity contribution is 6.35. The van der Waals surface area contributed by atoms with Crippen LogP contribution >= 0.6 is 23.2 Å². The fraction of sp³-hybridized carbons (Fsp3) is 0.238. The Balaban J connectivity index is 1.38. The van der Waals surface area contributed by atoms with Crippen LogP contribution in [-0.2, 0) is 17.6 Å². The van der Waals surface area contributed by atoms with E-state index in [9.17, 15) is 4.79 Å². The number of oxazole rings is 1. The summed E-state index contributed by atoms with van der Waals surface area (Å²) in [7, 11) is 0. The molecule has 0 saturated carbocycles. The van der Waals surface area contributed by atoms with Gasteiger partial charge in [0, 0.05) is 35.0 Å². The Bertz CT molecular complexity index is 894. The summed E-state index contributed by atoms with van der Waals surface area (Å²) >= 11 is 12.0. The van der Waals surface area contributed by atoms with Crippen LogP contribution in [0.4, 0.5) is 0 Å². The second kappa shape index (κ2) is 9.58. The number of carbonyl (C=O) groups excluding carboxylic acids is 1. The molecule has 0 unspecified atom stereocenters. The maximum Gasteiger partial charge on any atom is 0.220 e. The van der Waals surface area contributed by atoms with Gasteiger partial charge in [-0.05, 0) is 30.5 Å². The largest absolute Gasteiger partial charge is 0.441 e. The highest BCUT2D eigenvalue weighted by Crippen LogP contribution is 2.21. The van der Waals surface area contributed by atoms with E-state index in [4.69, 9.17) is 27.6 Å². The minimum Gasteiger partial charge on any atom is -0.441 e. The first-order chi connectivity index (χ1) is 13.1. The Morgan fingerprint density at radius 1 is 1.07 bits per heavy atom. The predicted octanol–water partition coefficient (Wildman–Crippen LogP) is 5.33. The maximum atomic E-state index is 12.0. The van der Waals surface area contributed by atoms with Crippen LogP contribution in [0.5, 0.6) is 0 Å². The lowest BCUT2D eigenvalue weighted by molar-refractivity contribution is -0.121. The van der Waals surface area contributed by atoms with Gasteiger partial charge in [0.2, 0.25) is 5.91 Å². The molecule has 1 N–H and O–H groups in total. The van der Waals surface area contributed by atoms with E-state index in [1.54, 1.807) is 18.3 Å². The molecule has 0 fully saturated rings. The lowest BCUT2D eigenvalue weighted by atomic mass is 10.1. The molecule has 0 radical (unpaired) electrons. The third kappa shape index (κ3) is 5.84. The summed E-state index contributed by atoms with van der Waals surface area (Å²) in [5.41, 5.74) is 1.96. The van der Waals surface area contributed by atoms with Gasteiger partial charge in [-0.3, -0.25) is 4.79 Å². The zero-order chi connectivity index (χ0) is 19.1. The van der Waals surface area contributed by atoms with Gasteiger partial charge >= 0.3 is 0 Å². The molecule has 1 amide bonds. The van der Waals surface area contributed by atoms with Gasteiger partial charge in [-0.15, -0.1) is 0 Å². The quantitative estimate of drug-likeness (QED) is 0.553. The number of aromatic nitrogens is 1. The molecular weight excluding hydrogens is 383 g/mol. The van der Waals surface area contributed by atoms with E-state index >= 15 is 0 Å². The van der Waals surface area contributed by atoms with Crippen molar-refractivity contribution in [1.29, 1.82) is 0 Å². The molecule has 6 heteroatoms. The molecule has 0 bridgehead atoms. The predicted molar refractivity (Wildman–Crippen MR) is 108 cm³/mol. The van der Waals surface area contributed by atoms with Crippen LogP contribution in [0.3, 0.4) is 0 Å². The lowest BCUT2D eigenvalue weighted by Gasteiger charge is -2.07. The Kier molecular flexibility index (Phi) is 6.91. The van der Waals surface area contributed by atoms with Crippen LogP contribution in [0.25, 0.3) is 11.3 Å². The fourth-order valence-corrected chi connectivity index (χ4v) is 3.21. The normalized spacial score (nSPS) is 10.7. The second-order valence-corrected chi connectivity index (χ2v) is 7.02. The Labute approximate surface area is 168 Å². The van der Waals surface area contributed by atoms with E-state index in [2.05, 4.69) is 10.3 Å². The van der Waals surface area contributed by atoms with Crippen molar-refractivity contribution in [2.45, 2.75) is 25.7 Å². The van der Waals surface area contributed by atoms with E-state index in [0.717, 1.165) is 16.9 Å². The molecule has 1 aromatic heterocycles. The molecule has 0 atom stereocenters. The molecule has 2 aromatic carbocycles. The van der Waals surface area contributed by atoms with E-state index in [1.807, 2.05) is 36.4 Å². The topological polar surface area (TPSA) is 55.1 Å². The van der Waals surface area contributed by atoms with Crippen molar-refractivity contribution in [2.75, 3.05) is 6.54 Å². The van der Waals surface area contributed by atoms with Crippen molar-refractivity contribution >= 4 is 29.1 Å². The molecule has 0 spiro atoms. The van der Waals surface area contributed by atoms with Gasteiger partial charge in [0.05, 0.1) is 6.20 Å². The zero-order valence-electron chi connectivity index (χ0n) is 14.8. The van der Waals surface area contributed by atoms with Crippen LogP contribution in [0, 0.1) is 0 Å². The van der Waals surface area contributed by atoms with Crippen molar-refractivity contribution in [3.63, 3.8) is 0 Å². The summed E-state index contributed by atoms with van der Waals surface area (Å²) in [4.78, 5) is 16.3. The minimum absolute atomic E-state index is 0.00919. The van der Waals surface area contributed by atoms with Crippen molar-refractivity contribution in [3.8, 4) is 11.3 Å². The number of benzene rings is 2. The van der Waals surface area contributed by atoms with Gasteiger partial charge in [-0.1, -0.05) is 59.6 Å². The van der Waals surface area contributed by atoms with Crippen molar-refractivity contribution < 1.29 is 9.21 Å². The highest BCUT2D eigenvalue weighted by Gasteiger charge is 2.08. The maximum absolute atomic E-state index is 12.0. The summed E-state index contributed by atoms with van der Waals surface area (Å²) in [5.74, 6) is 1.40. The van der Waals surface area contributed by atoms with Crippen molar-refractivity contribution in [1.82, 2.24) is 10.3 Å². The van der Waals surface area contributed by atoms with Gasteiger partial charge in [-0.25, -0.2) is 4.98 Å². The van der Waals surface area contributed by atoms with Gasteiger partial charge in [0.25, 0.3) is 0 Å². The van der Waals surface area contributed by atoms with Crippen LogP contribution in [0.2, 0.25) is 10.0 Å². The number of nitrogens with one attached hydrogen (secondary N) is 1. The Hall–Kier alpha value is -2.30. The summed E-state index contributed by atoms with van der Waals surface area (Å²) in [6.07, 6.45) is 4.13. The van der Waals surface area contributed by atoms with Crippen molar-refractivity contribution in [3.05, 3.63) is 76.2 Å². The average molecular weight is 403 g/mol. The Morgan fingerprint density at radius 2 is 1.89 bits per heavy atom. The van der Waals surface area contributed by atoms with E-state index in [-0.39, 0.29) is 5.91 Å². The van der Waals surface area contributed by atoms with Gasteiger partial charge in [-0.2, -0.15) is 0 Å². The van der Waals surface area contributed by atoms with Gasteiger partial charge in [0.1, 0.15) is 0 Å². The standard InChI is InChI=1S/C21H20Cl2N2O2/c22-17-10-9-15(18(23)13-17)11-12-24-20(26)7-4-8-21-25-14-19(27-21)16-5-2-1-3-6-16/h1-3,5-6,9-10,13-14H,4,7-8,11-12H2,(H,24,26). The number of amides is 1. The first kappa shape index (κ1) is 19.5. The third-order valence-electron chi connectivity index (χ3n) is 4.14. The number of halogens is 2. The summed E-state index contributed by atoms with van der Waals surface area (Å²) in [5, 5.41) is 4.14. The second-order valence-electron chi connectivity index (χ2n) is 6.17. The molecule has 4 nitrogen and oxygen atoms in total. The summed E-state index contributed by atoms with van der Waals surface area (Å²) in [6.45, 7) is 0.539. The number of hydrogen-bond donors (Lipinski definition) is 1. The molecule has 0 aliphatic carbocycles. The van der Waals surface area contributed by atoms with Gasteiger partial charge < -0.3 is 9.73 Å². The third-order valence-corrected chi connectivity index (χ3v) is 4.72. The molecule has 140 valence electrons. The molecule has 0 aliphatic heterocycles. The Morgan fingerprint density at radius 3 is 2.67 bits per heavy atom. The molecule has 0 aliphatic rings. The number of rotatable bonds is 8. The van der Waals surface area contributed by atoms with E-state index < -0.39 is 0 Å². The lowest BCUT2D eigenvalue weighted by Crippen LogP contribution is -2.25. The molecular formula is C21H20Cl2N2O2. The van der Waals surface area contributed by atoms with E-state index in [0.29, 0.717) is 48.2 Å². The average Bonchev–Trinajstić information content (AvgIpc) is 3.13. The van der Waals surface area contributed by atoms with Gasteiger partial charge in [0.15, 0.2) is 11.7 Å². The number of hydrogen-bond acceptors (Lipinski definition) is 3. The minimum atomic E-state index is 0.00919. The van der Waals surface area contributed by atoms with Crippen LogP contribution in [0.1, 0.15) is 24.3 Å². The molecule has 1 heterocycles. The smallest absolute Gasteiger partial charge is 0.220 e. The van der Waals surface area contributed by atoms with Crippen LogP contribution < -0.4 is 5.32 Å². The number of nitrogens with zero attached hydrogens (tertiary/aromatic N) is 1. The first-order valence-electron chi connectivity index (χ1n) is 8.82. The first-order valence-corrected chi connectivity index (χ1v) is 9.58. The number of aryl methyl sites for hydroxylation is 1. The monoisotopic (exact) mass is 402 g/mol. The fourth-order valence-electron chi connectivity index (χ4n) is 2.71.